The molecule has 3 nitrogen and oxygen atoms in total. The third-order valence-electron chi connectivity index (χ3n) is 4.08. The number of fused-ring (bicyclic) bond motifs is 1. The van der Waals surface area contributed by atoms with Gasteiger partial charge in [-0.1, -0.05) is 13.8 Å². The molecule has 0 amide bonds. The van der Waals surface area contributed by atoms with E-state index in [1.165, 1.54) is 11.4 Å². The van der Waals surface area contributed by atoms with Crippen LogP contribution in [0.2, 0.25) is 0 Å². The summed E-state index contributed by atoms with van der Waals surface area (Å²) in [5.74, 6) is 1.17. The molecule has 2 aromatic heterocycles. The normalized spacial score (nSPS) is 27.5. The fourth-order valence-corrected chi connectivity index (χ4v) is 3.78. The summed E-state index contributed by atoms with van der Waals surface area (Å²) in [5, 5.41) is 2.10. The second-order valence-electron chi connectivity index (χ2n) is 5.28. The second kappa shape index (κ2) is 3.08. The van der Waals surface area contributed by atoms with Gasteiger partial charge in [-0.15, -0.1) is 11.3 Å². The van der Waals surface area contributed by atoms with Crippen LogP contribution in [-0.4, -0.2) is 15.9 Å². The first kappa shape index (κ1) is 10.3. The Morgan fingerprint density at radius 1 is 1.56 bits per heavy atom. The Morgan fingerprint density at radius 2 is 2.31 bits per heavy atom. The maximum atomic E-state index is 5.85. The molecule has 0 spiro atoms. The van der Waals surface area contributed by atoms with Gasteiger partial charge in [0.2, 0.25) is 0 Å². The van der Waals surface area contributed by atoms with Crippen molar-refractivity contribution in [2.45, 2.75) is 26.7 Å². The lowest BCUT2D eigenvalue weighted by molar-refractivity contribution is 0.556. The first-order valence-corrected chi connectivity index (χ1v) is 6.57. The molecule has 0 radical (unpaired) electrons. The largest absolute Gasteiger partial charge is 0.330 e. The number of nitrogens with two attached hydrogens (primary N) is 1. The summed E-state index contributed by atoms with van der Waals surface area (Å²) in [6.45, 7) is 7.49. The highest BCUT2D eigenvalue weighted by Crippen LogP contribution is 2.64. The number of hydrogen-bond donors (Lipinski definition) is 1. The molecule has 3 rings (SSSR count). The first-order chi connectivity index (χ1) is 7.57. The number of thiazole rings is 1. The van der Waals surface area contributed by atoms with Crippen LogP contribution >= 0.6 is 11.3 Å². The Morgan fingerprint density at radius 3 is 2.94 bits per heavy atom. The lowest BCUT2D eigenvalue weighted by Crippen LogP contribution is -2.05. The number of nitrogens with zero attached hydrogens (tertiary/aromatic N) is 2. The van der Waals surface area contributed by atoms with Crippen LogP contribution in [-0.2, 0) is 0 Å². The topological polar surface area (TPSA) is 43.3 Å². The first-order valence-electron chi connectivity index (χ1n) is 5.69. The Hall–Kier alpha value is -0.870. The van der Waals surface area contributed by atoms with Crippen LogP contribution in [0.1, 0.15) is 31.2 Å². The molecule has 4 heteroatoms. The van der Waals surface area contributed by atoms with Crippen molar-refractivity contribution in [2.24, 2.45) is 17.1 Å². The highest BCUT2D eigenvalue weighted by Gasteiger charge is 2.59. The molecule has 0 aliphatic heterocycles. The van der Waals surface area contributed by atoms with Gasteiger partial charge < -0.3 is 5.73 Å². The molecule has 0 saturated heterocycles. The van der Waals surface area contributed by atoms with Crippen molar-refractivity contribution in [3.05, 3.63) is 23.0 Å². The molecule has 0 bridgehead atoms. The molecule has 1 saturated carbocycles. The zero-order valence-corrected chi connectivity index (χ0v) is 10.7. The van der Waals surface area contributed by atoms with Gasteiger partial charge in [-0.05, 0) is 24.8 Å². The summed E-state index contributed by atoms with van der Waals surface area (Å²) in [6.07, 6.45) is 2.12. The lowest BCUT2D eigenvalue weighted by atomic mass is 10.1. The zero-order valence-electron chi connectivity index (χ0n) is 9.90. The number of aryl methyl sites for hydroxylation is 1. The minimum absolute atomic E-state index is 0.331. The number of aromatic nitrogens is 2. The van der Waals surface area contributed by atoms with E-state index in [1.807, 2.05) is 0 Å². The van der Waals surface area contributed by atoms with Gasteiger partial charge >= 0.3 is 0 Å². The van der Waals surface area contributed by atoms with Crippen LogP contribution in [0.3, 0.4) is 0 Å². The predicted molar refractivity (Wildman–Crippen MR) is 66.9 cm³/mol. The minimum Gasteiger partial charge on any atom is -0.330 e. The molecule has 2 N–H and O–H groups in total. The molecule has 2 aromatic rings. The van der Waals surface area contributed by atoms with Crippen LogP contribution in [0.25, 0.3) is 4.96 Å². The molecule has 2 atom stereocenters. The Bertz CT molecular complexity index is 537. The van der Waals surface area contributed by atoms with Crippen molar-refractivity contribution in [3.8, 4) is 0 Å². The van der Waals surface area contributed by atoms with Crippen LogP contribution in [0, 0.1) is 18.3 Å². The van der Waals surface area contributed by atoms with Crippen molar-refractivity contribution in [2.75, 3.05) is 6.54 Å². The Labute approximate surface area is 99.3 Å². The number of hydrogen-bond acceptors (Lipinski definition) is 3. The summed E-state index contributed by atoms with van der Waals surface area (Å²) in [5.41, 5.74) is 8.72. The fraction of sp³-hybridized carbons (Fsp3) is 0.583. The van der Waals surface area contributed by atoms with E-state index in [4.69, 9.17) is 5.73 Å². The zero-order chi connectivity index (χ0) is 11.5. The lowest BCUT2D eigenvalue weighted by Gasteiger charge is -2.02. The van der Waals surface area contributed by atoms with Crippen molar-refractivity contribution < 1.29 is 0 Å². The highest BCUT2D eigenvalue weighted by molar-refractivity contribution is 7.15. The summed E-state index contributed by atoms with van der Waals surface area (Å²) in [6, 6.07) is 0. The molecular formula is C12H17N3S. The molecule has 1 fully saturated rings. The number of imidazole rings is 1. The molecule has 16 heavy (non-hydrogen) atoms. The fourth-order valence-electron chi connectivity index (χ4n) is 3.01. The SMILES string of the molecule is Cc1nc2sccn2c1[C@@H]1[C@@H](CN)C1(C)C. The summed E-state index contributed by atoms with van der Waals surface area (Å²) < 4.78 is 2.24. The minimum atomic E-state index is 0.331. The van der Waals surface area contributed by atoms with E-state index < -0.39 is 0 Å². The van der Waals surface area contributed by atoms with Crippen LogP contribution in [0.4, 0.5) is 0 Å². The van der Waals surface area contributed by atoms with Crippen molar-refractivity contribution >= 4 is 16.3 Å². The summed E-state index contributed by atoms with van der Waals surface area (Å²) >= 11 is 1.70. The van der Waals surface area contributed by atoms with Gasteiger partial charge in [0.15, 0.2) is 4.96 Å². The van der Waals surface area contributed by atoms with E-state index in [0.29, 0.717) is 17.3 Å². The molecule has 86 valence electrons. The van der Waals surface area contributed by atoms with E-state index in [9.17, 15) is 0 Å². The van der Waals surface area contributed by atoms with Crippen LogP contribution in [0.15, 0.2) is 11.6 Å². The van der Waals surface area contributed by atoms with Crippen molar-refractivity contribution in [3.63, 3.8) is 0 Å². The molecule has 0 aromatic carbocycles. The molecule has 2 heterocycles. The van der Waals surface area contributed by atoms with Gasteiger partial charge in [0.1, 0.15) is 0 Å². The van der Waals surface area contributed by atoms with Gasteiger partial charge in [0.05, 0.1) is 11.4 Å². The van der Waals surface area contributed by atoms with Crippen LogP contribution in [0.5, 0.6) is 0 Å². The van der Waals surface area contributed by atoms with Gasteiger partial charge in [0, 0.05) is 17.5 Å². The average Bonchev–Trinajstić information content (AvgIpc) is 2.55. The van der Waals surface area contributed by atoms with Gasteiger partial charge in [-0.3, -0.25) is 4.40 Å². The maximum absolute atomic E-state index is 5.85. The standard InChI is InChI=1S/C12H17N3S/c1-7-10(9-8(6-13)12(9,2)3)15-4-5-16-11(15)14-7/h4-5,8-9H,6,13H2,1-3H3/t8-,9+/m1/s1. The third kappa shape index (κ3) is 1.14. The molecular weight excluding hydrogens is 218 g/mol. The smallest absolute Gasteiger partial charge is 0.194 e. The van der Waals surface area contributed by atoms with Crippen molar-refractivity contribution in [1.29, 1.82) is 0 Å². The molecule has 0 unspecified atom stereocenters. The quantitative estimate of drug-likeness (QED) is 0.868. The monoisotopic (exact) mass is 235 g/mol. The van der Waals surface area contributed by atoms with E-state index in [-0.39, 0.29) is 0 Å². The molecule has 1 aliphatic carbocycles. The summed E-state index contributed by atoms with van der Waals surface area (Å²) in [7, 11) is 0. The van der Waals surface area contributed by atoms with Gasteiger partial charge in [-0.2, -0.15) is 0 Å². The second-order valence-corrected chi connectivity index (χ2v) is 6.15. The Balaban J connectivity index is 2.13. The van der Waals surface area contributed by atoms with E-state index in [0.717, 1.165) is 11.5 Å². The highest BCUT2D eigenvalue weighted by atomic mass is 32.1. The van der Waals surface area contributed by atoms with E-state index in [1.54, 1.807) is 11.3 Å². The maximum Gasteiger partial charge on any atom is 0.194 e. The Kier molecular flexibility index (Phi) is 1.98. The summed E-state index contributed by atoms with van der Waals surface area (Å²) in [4.78, 5) is 5.71. The van der Waals surface area contributed by atoms with Crippen LogP contribution < -0.4 is 5.73 Å². The van der Waals surface area contributed by atoms with Gasteiger partial charge in [-0.25, -0.2) is 4.98 Å². The van der Waals surface area contributed by atoms with Gasteiger partial charge in [0.25, 0.3) is 0 Å². The third-order valence-corrected chi connectivity index (χ3v) is 4.84. The van der Waals surface area contributed by atoms with E-state index in [2.05, 4.69) is 41.7 Å². The predicted octanol–water partition coefficient (Wildman–Crippen LogP) is 2.40. The molecule has 1 aliphatic rings. The number of rotatable bonds is 2. The van der Waals surface area contributed by atoms with E-state index >= 15 is 0 Å². The van der Waals surface area contributed by atoms with Crippen molar-refractivity contribution in [1.82, 2.24) is 9.38 Å². The average molecular weight is 235 g/mol.